The number of likely N-dealkylation sites (tertiary alicyclic amines) is 1. The van der Waals surface area contributed by atoms with E-state index in [-0.39, 0.29) is 43.3 Å². The Morgan fingerprint density at radius 1 is 1.33 bits per heavy atom. The maximum Gasteiger partial charge on any atom is 0.276 e. The molecule has 2 atom stereocenters. The number of β-amino-alcohol motifs (C(OH)–C–C–N with tert-alkyl or cyclic N) is 1. The zero-order valence-corrected chi connectivity index (χ0v) is 15.5. The number of amides is 1. The molecule has 0 radical (unpaired) electrons. The van der Waals surface area contributed by atoms with Crippen LogP contribution in [-0.2, 0) is 6.54 Å². The number of carbonyl (C=O) groups is 1. The van der Waals surface area contributed by atoms with E-state index in [0.29, 0.717) is 31.8 Å². The van der Waals surface area contributed by atoms with Crippen LogP contribution < -0.4 is 15.2 Å². The van der Waals surface area contributed by atoms with Gasteiger partial charge in [-0.25, -0.2) is 0 Å². The van der Waals surface area contributed by atoms with Gasteiger partial charge >= 0.3 is 0 Å². The molecule has 1 aromatic heterocycles. The van der Waals surface area contributed by atoms with Gasteiger partial charge in [0.25, 0.3) is 5.91 Å². The average Bonchev–Trinajstić information content (AvgIpc) is 3.30. The van der Waals surface area contributed by atoms with E-state index < -0.39 is 6.10 Å². The van der Waals surface area contributed by atoms with Crippen molar-refractivity contribution in [3.8, 4) is 11.5 Å². The first kappa shape index (κ1) is 19.4. The molecule has 3 heterocycles. The van der Waals surface area contributed by atoms with Crippen LogP contribution in [0.1, 0.15) is 28.4 Å². The van der Waals surface area contributed by atoms with Crippen LogP contribution in [0.3, 0.4) is 0 Å². The van der Waals surface area contributed by atoms with Crippen molar-refractivity contribution in [1.29, 1.82) is 0 Å². The second kappa shape index (κ2) is 8.12. The first-order valence-electron chi connectivity index (χ1n) is 8.63. The molecule has 3 N–H and O–H groups in total. The number of aliphatic hydroxyl groups is 1. The van der Waals surface area contributed by atoms with E-state index in [4.69, 9.17) is 15.2 Å². The molecule has 0 unspecified atom stereocenters. The summed E-state index contributed by atoms with van der Waals surface area (Å²) in [4.78, 5) is 14.2. The lowest BCUT2D eigenvalue weighted by molar-refractivity contribution is 0.0377. The van der Waals surface area contributed by atoms with Crippen LogP contribution in [0.2, 0.25) is 0 Å². The van der Waals surface area contributed by atoms with Crippen molar-refractivity contribution in [2.45, 2.75) is 25.0 Å². The highest BCUT2D eigenvalue weighted by atomic mass is 35.5. The predicted molar refractivity (Wildman–Crippen MR) is 98.2 cm³/mol. The van der Waals surface area contributed by atoms with Gasteiger partial charge in [-0.1, -0.05) is 11.3 Å². The number of nitrogens with two attached hydrogens (primary N) is 1. The molecule has 1 aromatic carbocycles. The van der Waals surface area contributed by atoms with Crippen LogP contribution in [0.15, 0.2) is 24.4 Å². The highest BCUT2D eigenvalue weighted by Gasteiger charge is 2.33. The number of ether oxygens (including phenoxy) is 2. The third-order valence-electron chi connectivity index (χ3n) is 4.81. The van der Waals surface area contributed by atoms with Crippen LogP contribution in [0.5, 0.6) is 11.5 Å². The Hall–Kier alpha value is -2.36. The van der Waals surface area contributed by atoms with Gasteiger partial charge in [-0.3, -0.25) is 9.48 Å². The number of hydrogen-bond donors (Lipinski definition) is 2. The van der Waals surface area contributed by atoms with Crippen molar-refractivity contribution in [3.05, 3.63) is 35.7 Å². The van der Waals surface area contributed by atoms with Crippen molar-refractivity contribution < 1.29 is 19.4 Å². The minimum Gasteiger partial charge on any atom is -0.454 e. The molecule has 1 amide bonds. The Morgan fingerprint density at radius 2 is 2.15 bits per heavy atom. The van der Waals surface area contributed by atoms with Crippen molar-refractivity contribution in [3.63, 3.8) is 0 Å². The number of aliphatic hydroxyl groups excluding tert-OH is 1. The Balaban J connectivity index is 0.00000210. The lowest BCUT2D eigenvalue weighted by Gasteiger charge is -2.35. The minimum atomic E-state index is -0.660. The monoisotopic (exact) mass is 395 g/mol. The highest BCUT2D eigenvalue weighted by molar-refractivity contribution is 5.92. The topological polar surface area (TPSA) is 116 Å². The molecule has 1 saturated heterocycles. The molecule has 0 spiro atoms. The van der Waals surface area contributed by atoms with Crippen LogP contribution in [0.25, 0.3) is 0 Å². The molecule has 0 saturated carbocycles. The number of carbonyl (C=O) groups excluding carboxylic acids is 1. The van der Waals surface area contributed by atoms with Gasteiger partial charge in [0, 0.05) is 25.6 Å². The van der Waals surface area contributed by atoms with E-state index in [1.165, 1.54) is 0 Å². The second-order valence-electron chi connectivity index (χ2n) is 6.48. The van der Waals surface area contributed by atoms with Gasteiger partial charge in [-0.2, -0.15) is 0 Å². The van der Waals surface area contributed by atoms with Crippen LogP contribution in [0.4, 0.5) is 0 Å². The fourth-order valence-electron chi connectivity index (χ4n) is 3.45. The molecule has 2 aliphatic rings. The summed E-state index contributed by atoms with van der Waals surface area (Å²) >= 11 is 0. The standard InChI is InChI=1S/C17H21N5O4.ClH/c18-4-6-22-8-13(19-20-22)17(24)21-5-3-12(14(23)9-21)11-1-2-15-16(7-11)26-10-25-15;/h1-2,7-8,12,14,23H,3-6,9-10,18H2;1H/t12-,14+;/m0./s1. The lowest BCUT2D eigenvalue weighted by Crippen LogP contribution is -2.45. The van der Waals surface area contributed by atoms with Crippen LogP contribution in [-0.4, -0.2) is 63.4 Å². The van der Waals surface area contributed by atoms with Gasteiger partial charge < -0.3 is 25.2 Å². The molecule has 10 heteroatoms. The third kappa shape index (κ3) is 3.85. The second-order valence-corrected chi connectivity index (χ2v) is 6.48. The number of fused-ring (bicyclic) bond motifs is 1. The molecule has 2 aliphatic heterocycles. The molecular formula is C17H22ClN5O4. The van der Waals surface area contributed by atoms with Gasteiger partial charge in [-0.05, 0) is 24.1 Å². The number of rotatable bonds is 4. The molecule has 9 nitrogen and oxygen atoms in total. The molecule has 4 rings (SSSR count). The van der Waals surface area contributed by atoms with Gasteiger partial charge in [0.15, 0.2) is 17.2 Å². The average molecular weight is 396 g/mol. The summed E-state index contributed by atoms with van der Waals surface area (Å²) in [7, 11) is 0. The molecule has 0 bridgehead atoms. The van der Waals surface area contributed by atoms with Gasteiger partial charge in [0.1, 0.15) is 0 Å². The summed E-state index contributed by atoms with van der Waals surface area (Å²) in [5.74, 6) is 1.14. The molecule has 1 fully saturated rings. The normalized spacial score (nSPS) is 21.0. The smallest absolute Gasteiger partial charge is 0.276 e. The van der Waals surface area contributed by atoms with E-state index in [9.17, 15) is 9.90 Å². The third-order valence-corrected chi connectivity index (χ3v) is 4.81. The highest BCUT2D eigenvalue weighted by Crippen LogP contribution is 2.37. The largest absolute Gasteiger partial charge is 0.454 e. The summed E-state index contributed by atoms with van der Waals surface area (Å²) in [6.45, 7) is 1.95. The number of hydrogen-bond acceptors (Lipinski definition) is 7. The fraction of sp³-hybridized carbons (Fsp3) is 0.471. The van der Waals surface area contributed by atoms with Crippen LogP contribution >= 0.6 is 12.4 Å². The zero-order valence-electron chi connectivity index (χ0n) is 14.7. The summed E-state index contributed by atoms with van der Waals surface area (Å²) in [5, 5.41) is 18.4. The lowest BCUT2D eigenvalue weighted by atomic mass is 9.87. The number of nitrogens with zero attached hydrogens (tertiary/aromatic N) is 4. The van der Waals surface area contributed by atoms with E-state index in [0.717, 1.165) is 11.3 Å². The van der Waals surface area contributed by atoms with Crippen molar-refractivity contribution in [1.82, 2.24) is 19.9 Å². The summed E-state index contributed by atoms with van der Waals surface area (Å²) in [6, 6.07) is 5.71. The van der Waals surface area contributed by atoms with E-state index in [2.05, 4.69) is 10.3 Å². The molecule has 0 aliphatic carbocycles. The van der Waals surface area contributed by atoms with Crippen LogP contribution in [0, 0.1) is 0 Å². The Labute approximate surface area is 162 Å². The summed E-state index contributed by atoms with van der Waals surface area (Å²) < 4.78 is 12.3. The number of halogens is 1. The quantitative estimate of drug-likeness (QED) is 0.768. The molecule has 27 heavy (non-hydrogen) atoms. The molecule has 2 aromatic rings. The van der Waals surface area contributed by atoms with Gasteiger partial charge in [0.05, 0.1) is 18.8 Å². The minimum absolute atomic E-state index is 0. The van der Waals surface area contributed by atoms with Gasteiger partial charge in [0.2, 0.25) is 6.79 Å². The van der Waals surface area contributed by atoms with E-state index in [1.807, 2.05) is 18.2 Å². The number of piperidine rings is 1. The maximum atomic E-state index is 12.6. The van der Waals surface area contributed by atoms with Crippen molar-refractivity contribution in [2.75, 3.05) is 26.4 Å². The Kier molecular flexibility index (Phi) is 5.83. The Morgan fingerprint density at radius 3 is 2.93 bits per heavy atom. The fourth-order valence-corrected chi connectivity index (χ4v) is 3.45. The first-order valence-corrected chi connectivity index (χ1v) is 8.63. The summed E-state index contributed by atoms with van der Waals surface area (Å²) in [6.07, 6.45) is 1.58. The molecular weight excluding hydrogens is 374 g/mol. The SMILES string of the molecule is Cl.NCCn1cc(C(=O)N2CC[C@@H](c3ccc4c(c3)OCO4)[C@H](O)C2)nn1. The van der Waals surface area contributed by atoms with E-state index in [1.54, 1.807) is 15.8 Å². The zero-order chi connectivity index (χ0) is 18.1. The van der Waals surface area contributed by atoms with Crippen molar-refractivity contribution in [2.24, 2.45) is 5.73 Å². The van der Waals surface area contributed by atoms with Crippen molar-refractivity contribution >= 4 is 18.3 Å². The number of benzene rings is 1. The maximum absolute atomic E-state index is 12.6. The van der Waals surface area contributed by atoms with E-state index >= 15 is 0 Å². The summed E-state index contributed by atoms with van der Waals surface area (Å²) in [5.41, 5.74) is 6.74. The first-order chi connectivity index (χ1) is 12.7. The number of aromatic nitrogens is 3. The predicted octanol–water partition coefficient (Wildman–Crippen LogP) is 0.378. The molecule has 146 valence electrons. The van der Waals surface area contributed by atoms with Gasteiger partial charge in [-0.15, -0.1) is 17.5 Å². The Bertz CT molecular complexity index is 814.